The molecule has 0 rings (SSSR count). The van der Waals surface area contributed by atoms with Crippen molar-refractivity contribution in [2.45, 2.75) is 19.6 Å². The van der Waals surface area contributed by atoms with Gasteiger partial charge >= 0.3 is 0 Å². The first-order valence-corrected chi connectivity index (χ1v) is 6.20. The molecule has 0 unspecified atom stereocenters. The molecule has 0 atom stereocenters. The standard InChI is InChI=1S/C3H10Si.C2H7N/c1-4(2)3;1-3-2/h4H,1-3H3;3H,1-2H3. The van der Waals surface area contributed by atoms with E-state index < -0.39 is 0 Å². The van der Waals surface area contributed by atoms with E-state index in [9.17, 15) is 0 Å². The second kappa shape index (κ2) is 9.49. The Hall–Kier alpha value is 0.177. The van der Waals surface area contributed by atoms with E-state index in [1.165, 1.54) is 0 Å². The average Bonchev–Trinajstić information content (AvgIpc) is 1.33. The van der Waals surface area contributed by atoms with Crippen molar-refractivity contribution in [1.82, 2.24) is 5.32 Å². The van der Waals surface area contributed by atoms with Crippen LogP contribution in [0.1, 0.15) is 0 Å². The van der Waals surface area contributed by atoms with Crippen LogP contribution in [-0.4, -0.2) is 22.9 Å². The molecule has 0 saturated carbocycles. The highest BCUT2D eigenvalue weighted by Crippen LogP contribution is 1.68. The Kier molecular flexibility index (Phi) is 13.8. The lowest BCUT2D eigenvalue weighted by molar-refractivity contribution is 1.02. The van der Waals surface area contributed by atoms with Crippen molar-refractivity contribution in [3.05, 3.63) is 0 Å². The topological polar surface area (TPSA) is 12.0 Å². The lowest BCUT2D eigenvalue weighted by atomic mass is 11.3. The zero-order valence-electron chi connectivity index (χ0n) is 6.08. The Labute approximate surface area is 48.7 Å². The van der Waals surface area contributed by atoms with Crippen LogP contribution in [0.5, 0.6) is 0 Å². The fourth-order valence-electron chi connectivity index (χ4n) is 0. The van der Waals surface area contributed by atoms with Crippen LogP contribution in [0.2, 0.25) is 19.6 Å². The van der Waals surface area contributed by atoms with E-state index in [4.69, 9.17) is 0 Å². The third-order valence-corrected chi connectivity index (χ3v) is 0. The minimum absolute atomic E-state index is 0.139. The Bertz CT molecular complexity index is 19.3. The molecule has 0 aromatic heterocycles. The Morgan fingerprint density at radius 1 is 1.00 bits per heavy atom. The van der Waals surface area contributed by atoms with Crippen LogP contribution in [0.25, 0.3) is 0 Å². The number of rotatable bonds is 0. The average molecular weight is 119 g/mol. The molecule has 0 aliphatic heterocycles. The van der Waals surface area contributed by atoms with Gasteiger partial charge in [0, 0.05) is 8.80 Å². The summed E-state index contributed by atoms with van der Waals surface area (Å²) in [6, 6.07) is 0. The lowest BCUT2D eigenvalue weighted by Gasteiger charge is -1.75. The van der Waals surface area contributed by atoms with Gasteiger partial charge in [-0.3, -0.25) is 0 Å². The molecule has 0 bridgehead atoms. The van der Waals surface area contributed by atoms with Crippen LogP contribution < -0.4 is 5.32 Å². The lowest BCUT2D eigenvalue weighted by Crippen LogP contribution is -1.89. The Balaban J connectivity index is 0. The first-order valence-electron chi connectivity index (χ1n) is 2.73. The van der Waals surface area contributed by atoms with Crippen LogP contribution >= 0.6 is 0 Å². The summed E-state index contributed by atoms with van der Waals surface area (Å²) in [5, 5.41) is 2.75. The minimum atomic E-state index is -0.139. The molecule has 1 N–H and O–H groups in total. The molecule has 0 aliphatic carbocycles. The van der Waals surface area contributed by atoms with Crippen molar-refractivity contribution in [3.8, 4) is 0 Å². The van der Waals surface area contributed by atoms with Gasteiger partial charge in [-0.05, 0) is 14.1 Å². The maximum Gasteiger partial charge on any atom is 0.0274 e. The fourth-order valence-corrected chi connectivity index (χ4v) is 0. The molecule has 46 valence electrons. The Morgan fingerprint density at radius 2 is 1.00 bits per heavy atom. The molecule has 0 heterocycles. The molecule has 0 amide bonds. The number of hydrogen-bond acceptors (Lipinski definition) is 1. The van der Waals surface area contributed by atoms with Gasteiger partial charge in [0.15, 0.2) is 0 Å². The normalized spacial score (nSPS) is 7.71. The molecule has 0 aliphatic rings. The maximum atomic E-state index is 2.75. The highest BCUT2D eigenvalue weighted by molar-refractivity contribution is 6.54. The summed E-state index contributed by atoms with van der Waals surface area (Å²) in [6.45, 7) is 6.92. The highest BCUT2D eigenvalue weighted by Gasteiger charge is 1.71. The van der Waals surface area contributed by atoms with Crippen LogP contribution in [-0.2, 0) is 0 Å². The fraction of sp³-hybridized carbons (Fsp3) is 1.00. The SMILES string of the molecule is CNC.C[SiH](C)C. The van der Waals surface area contributed by atoms with E-state index in [1.54, 1.807) is 0 Å². The third-order valence-electron chi connectivity index (χ3n) is 0. The van der Waals surface area contributed by atoms with Gasteiger partial charge in [0.05, 0.1) is 0 Å². The zero-order chi connectivity index (χ0) is 6.28. The Morgan fingerprint density at radius 3 is 1.00 bits per heavy atom. The van der Waals surface area contributed by atoms with Gasteiger partial charge in [-0.25, -0.2) is 0 Å². The monoisotopic (exact) mass is 119 g/mol. The van der Waals surface area contributed by atoms with Crippen molar-refractivity contribution in [2.24, 2.45) is 0 Å². The predicted octanol–water partition coefficient (Wildman–Crippen LogP) is 0.938. The van der Waals surface area contributed by atoms with E-state index in [-0.39, 0.29) is 8.80 Å². The van der Waals surface area contributed by atoms with E-state index in [0.29, 0.717) is 0 Å². The zero-order valence-corrected chi connectivity index (χ0v) is 7.23. The predicted molar refractivity (Wildman–Crippen MR) is 39.7 cm³/mol. The second-order valence-corrected chi connectivity index (χ2v) is 5.70. The van der Waals surface area contributed by atoms with Crippen LogP contribution in [0.3, 0.4) is 0 Å². The second-order valence-electron chi connectivity index (χ2n) is 2.23. The van der Waals surface area contributed by atoms with Crippen molar-refractivity contribution in [2.75, 3.05) is 14.1 Å². The van der Waals surface area contributed by atoms with Gasteiger partial charge in [0.25, 0.3) is 0 Å². The van der Waals surface area contributed by atoms with Crippen molar-refractivity contribution in [3.63, 3.8) is 0 Å². The summed E-state index contributed by atoms with van der Waals surface area (Å²) in [4.78, 5) is 0. The van der Waals surface area contributed by atoms with Crippen molar-refractivity contribution in [1.29, 1.82) is 0 Å². The van der Waals surface area contributed by atoms with Crippen LogP contribution in [0.15, 0.2) is 0 Å². The summed E-state index contributed by atoms with van der Waals surface area (Å²) in [7, 11) is 3.61. The summed E-state index contributed by atoms with van der Waals surface area (Å²) >= 11 is 0. The van der Waals surface area contributed by atoms with E-state index in [0.717, 1.165) is 0 Å². The minimum Gasteiger partial charge on any atom is -0.323 e. The summed E-state index contributed by atoms with van der Waals surface area (Å²) in [6.07, 6.45) is 0. The summed E-state index contributed by atoms with van der Waals surface area (Å²) in [5.74, 6) is 0. The first-order chi connectivity index (χ1) is 3.15. The highest BCUT2D eigenvalue weighted by atomic mass is 28.3. The van der Waals surface area contributed by atoms with Crippen molar-refractivity contribution < 1.29 is 0 Å². The van der Waals surface area contributed by atoms with E-state index in [2.05, 4.69) is 25.0 Å². The first kappa shape index (κ1) is 10.2. The van der Waals surface area contributed by atoms with E-state index >= 15 is 0 Å². The molecule has 0 saturated heterocycles. The molecular formula is C5H17NSi. The molecule has 0 aromatic rings. The summed E-state index contributed by atoms with van der Waals surface area (Å²) < 4.78 is 0. The molecule has 0 spiro atoms. The molecule has 7 heavy (non-hydrogen) atoms. The molecule has 0 radical (unpaired) electrons. The van der Waals surface area contributed by atoms with Crippen LogP contribution in [0.4, 0.5) is 0 Å². The molecule has 2 heteroatoms. The van der Waals surface area contributed by atoms with Crippen LogP contribution in [0, 0.1) is 0 Å². The number of nitrogens with one attached hydrogen (secondary N) is 1. The third kappa shape index (κ3) is 3440. The quantitative estimate of drug-likeness (QED) is 0.468. The van der Waals surface area contributed by atoms with Crippen molar-refractivity contribution >= 4 is 8.80 Å². The van der Waals surface area contributed by atoms with Gasteiger partial charge in [-0.15, -0.1) is 0 Å². The molecule has 1 nitrogen and oxygen atoms in total. The smallest absolute Gasteiger partial charge is 0.0274 e. The maximum absolute atomic E-state index is 2.75. The number of hydrogen-bond donors (Lipinski definition) is 1. The van der Waals surface area contributed by atoms with Gasteiger partial charge in [0.1, 0.15) is 0 Å². The van der Waals surface area contributed by atoms with Gasteiger partial charge in [-0.2, -0.15) is 0 Å². The molecule has 0 aromatic carbocycles. The van der Waals surface area contributed by atoms with E-state index in [1.807, 2.05) is 14.1 Å². The van der Waals surface area contributed by atoms with Gasteiger partial charge in [-0.1, -0.05) is 19.6 Å². The van der Waals surface area contributed by atoms with Gasteiger partial charge < -0.3 is 5.32 Å². The molecular weight excluding hydrogens is 102 g/mol. The summed E-state index contributed by atoms with van der Waals surface area (Å²) in [5.41, 5.74) is 0. The van der Waals surface area contributed by atoms with Gasteiger partial charge in [0.2, 0.25) is 0 Å². The molecule has 0 fully saturated rings. The largest absolute Gasteiger partial charge is 0.323 e.